The first kappa shape index (κ1) is 12.7. The molecule has 1 fully saturated rings. The third-order valence-electron chi connectivity index (χ3n) is 2.52. The Bertz CT molecular complexity index is 280. The number of carboxylic acids is 1. The first-order chi connectivity index (χ1) is 7.63. The maximum Gasteiger partial charge on any atom is 0.328 e. The maximum atomic E-state index is 11.5. The Balaban J connectivity index is 2.35. The van der Waals surface area contributed by atoms with Crippen LogP contribution in [-0.2, 0) is 14.3 Å². The van der Waals surface area contributed by atoms with E-state index >= 15 is 0 Å². The van der Waals surface area contributed by atoms with Crippen molar-refractivity contribution in [1.29, 1.82) is 0 Å². The molecule has 1 heterocycles. The van der Waals surface area contributed by atoms with E-state index in [1.807, 2.05) is 6.92 Å². The van der Waals surface area contributed by atoms with Crippen LogP contribution >= 0.6 is 0 Å². The first-order valence-electron chi connectivity index (χ1n) is 5.45. The molecule has 90 valence electrons. The Morgan fingerprint density at radius 1 is 1.38 bits per heavy atom. The summed E-state index contributed by atoms with van der Waals surface area (Å²) < 4.78 is 5.46. The quantitative estimate of drug-likeness (QED) is 0.716. The van der Waals surface area contributed by atoms with Gasteiger partial charge < -0.3 is 14.7 Å². The number of carbonyl (C=O) groups is 2. The SMILES string of the molecule is CCOC1CCN(C(=O)C=CC(=O)O)CC1. The van der Waals surface area contributed by atoms with Crippen molar-refractivity contribution < 1.29 is 19.4 Å². The Morgan fingerprint density at radius 2 is 2.00 bits per heavy atom. The van der Waals surface area contributed by atoms with Crippen LogP contribution in [0.15, 0.2) is 12.2 Å². The van der Waals surface area contributed by atoms with Crippen molar-refractivity contribution in [3.63, 3.8) is 0 Å². The summed E-state index contributed by atoms with van der Waals surface area (Å²) in [5.74, 6) is -1.34. The normalized spacial score (nSPS) is 17.9. The van der Waals surface area contributed by atoms with Crippen LogP contribution in [-0.4, -0.2) is 47.7 Å². The highest BCUT2D eigenvalue weighted by Gasteiger charge is 2.21. The van der Waals surface area contributed by atoms with Gasteiger partial charge in [0.2, 0.25) is 5.91 Å². The van der Waals surface area contributed by atoms with Gasteiger partial charge in [-0.05, 0) is 19.8 Å². The molecular weight excluding hydrogens is 210 g/mol. The van der Waals surface area contributed by atoms with Gasteiger partial charge in [0.1, 0.15) is 0 Å². The molecule has 5 nitrogen and oxygen atoms in total. The number of rotatable bonds is 4. The average molecular weight is 227 g/mol. The van der Waals surface area contributed by atoms with Crippen LogP contribution in [0.2, 0.25) is 0 Å². The molecule has 0 unspecified atom stereocenters. The van der Waals surface area contributed by atoms with E-state index in [1.54, 1.807) is 4.90 Å². The largest absolute Gasteiger partial charge is 0.478 e. The molecule has 16 heavy (non-hydrogen) atoms. The summed E-state index contributed by atoms with van der Waals surface area (Å²) >= 11 is 0. The Kier molecular flexibility index (Phi) is 4.98. The number of nitrogens with zero attached hydrogens (tertiary/aromatic N) is 1. The van der Waals surface area contributed by atoms with Crippen molar-refractivity contribution in [2.45, 2.75) is 25.9 Å². The molecule has 1 aliphatic heterocycles. The number of amides is 1. The second-order valence-corrected chi connectivity index (χ2v) is 3.65. The highest BCUT2D eigenvalue weighted by atomic mass is 16.5. The van der Waals surface area contributed by atoms with Crippen LogP contribution in [0.4, 0.5) is 0 Å². The predicted molar refractivity (Wildman–Crippen MR) is 58.0 cm³/mol. The summed E-state index contributed by atoms with van der Waals surface area (Å²) in [7, 11) is 0. The van der Waals surface area contributed by atoms with Crippen LogP contribution in [0.3, 0.4) is 0 Å². The minimum Gasteiger partial charge on any atom is -0.478 e. The molecule has 1 saturated heterocycles. The van der Waals surface area contributed by atoms with Crippen molar-refractivity contribution in [3.8, 4) is 0 Å². The van der Waals surface area contributed by atoms with Gasteiger partial charge >= 0.3 is 5.97 Å². The van der Waals surface area contributed by atoms with Gasteiger partial charge in [0.05, 0.1) is 6.10 Å². The van der Waals surface area contributed by atoms with E-state index in [0.29, 0.717) is 19.7 Å². The standard InChI is InChI=1S/C11H17NO4/c1-2-16-9-5-7-12(8-6-9)10(13)3-4-11(14)15/h3-4,9H,2,5-8H2,1H3,(H,14,15). The van der Waals surface area contributed by atoms with Crippen LogP contribution in [0.1, 0.15) is 19.8 Å². The number of hydrogen-bond acceptors (Lipinski definition) is 3. The van der Waals surface area contributed by atoms with Gasteiger partial charge in [0, 0.05) is 31.8 Å². The molecule has 0 aromatic carbocycles. The first-order valence-corrected chi connectivity index (χ1v) is 5.45. The Labute approximate surface area is 94.7 Å². The zero-order valence-electron chi connectivity index (χ0n) is 9.39. The summed E-state index contributed by atoms with van der Waals surface area (Å²) in [6.45, 7) is 3.91. The van der Waals surface area contributed by atoms with Crippen molar-refractivity contribution in [2.24, 2.45) is 0 Å². The number of likely N-dealkylation sites (tertiary alicyclic amines) is 1. The summed E-state index contributed by atoms with van der Waals surface area (Å²) in [6, 6.07) is 0. The monoisotopic (exact) mass is 227 g/mol. The molecule has 0 saturated carbocycles. The molecule has 1 aliphatic rings. The third kappa shape index (κ3) is 4.02. The summed E-state index contributed by atoms with van der Waals surface area (Å²) in [4.78, 5) is 23.4. The highest BCUT2D eigenvalue weighted by molar-refractivity contribution is 5.93. The van der Waals surface area contributed by atoms with Gasteiger partial charge in [0.15, 0.2) is 0 Å². The smallest absolute Gasteiger partial charge is 0.328 e. The lowest BCUT2D eigenvalue weighted by atomic mass is 10.1. The number of carbonyl (C=O) groups excluding carboxylic acids is 1. The molecular formula is C11H17NO4. The Hall–Kier alpha value is -1.36. The van der Waals surface area contributed by atoms with Crippen molar-refractivity contribution >= 4 is 11.9 Å². The van der Waals surface area contributed by atoms with Crippen molar-refractivity contribution in [2.75, 3.05) is 19.7 Å². The van der Waals surface area contributed by atoms with Gasteiger partial charge in [-0.3, -0.25) is 4.79 Å². The number of hydrogen-bond donors (Lipinski definition) is 1. The third-order valence-corrected chi connectivity index (χ3v) is 2.52. The van der Waals surface area contributed by atoms with Gasteiger partial charge in [0.25, 0.3) is 0 Å². The van der Waals surface area contributed by atoms with E-state index in [2.05, 4.69) is 0 Å². The van der Waals surface area contributed by atoms with Crippen LogP contribution < -0.4 is 0 Å². The molecule has 1 rings (SSSR count). The average Bonchev–Trinajstić information content (AvgIpc) is 2.27. The van der Waals surface area contributed by atoms with E-state index in [9.17, 15) is 9.59 Å². The molecule has 0 radical (unpaired) electrons. The summed E-state index contributed by atoms with van der Waals surface area (Å²) in [5, 5.41) is 8.40. The second-order valence-electron chi connectivity index (χ2n) is 3.65. The number of ether oxygens (including phenoxy) is 1. The van der Waals surface area contributed by atoms with E-state index in [-0.39, 0.29) is 12.0 Å². The molecule has 0 atom stereocenters. The van der Waals surface area contributed by atoms with Gasteiger partial charge in [-0.2, -0.15) is 0 Å². The van der Waals surface area contributed by atoms with Gasteiger partial charge in [-0.25, -0.2) is 4.79 Å². The number of carboxylic acid groups (broad SMARTS) is 1. The molecule has 5 heteroatoms. The van der Waals surface area contributed by atoms with Gasteiger partial charge in [-0.15, -0.1) is 0 Å². The minimum atomic E-state index is -1.10. The number of piperidine rings is 1. The lowest BCUT2D eigenvalue weighted by Crippen LogP contribution is -2.40. The fourth-order valence-corrected chi connectivity index (χ4v) is 1.73. The van der Waals surface area contributed by atoms with Crippen LogP contribution in [0, 0.1) is 0 Å². The van der Waals surface area contributed by atoms with Crippen molar-refractivity contribution in [3.05, 3.63) is 12.2 Å². The fraction of sp³-hybridized carbons (Fsp3) is 0.636. The van der Waals surface area contributed by atoms with Crippen LogP contribution in [0.5, 0.6) is 0 Å². The van der Waals surface area contributed by atoms with E-state index in [1.165, 1.54) is 0 Å². The lowest BCUT2D eigenvalue weighted by molar-refractivity contribution is -0.133. The van der Waals surface area contributed by atoms with Crippen LogP contribution in [0.25, 0.3) is 0 Å². The highest BCUT2D eigenvalue weighted by Crippen LogP contribution is 2.13. The van der Waals surface area contributed by atoms with E-state index in [0.717, 1.165) is 25.0 Å². The molecule has 1 N–H and O–H groups in total. The molecule has 0 aliphatic carbocycles. The molecule has 0 spiro atoms. The molecule has 0 bridgehead atoms. The topological polar surface area (TPSA) is 66.8 Å². The van der Waals surface area contributed by atoms with E-state index < -0.39 is 5.97 Å². The Morgan fingerprint density at radius 3 is 2.50 bits per heavy atom. The van der Waals surface area contributed by atoms with E-state index in [4.69, 9.17) is 9.84 Å². The van der Waals surface area contributed by atoms with Gasteiger partial charge in [-0.1, -0.05) is 0 Å². The predicted octanol–water partition coefficient (Wildman–Crippen LogP) is 0.655. The maximum absolute atomic E-state index is 11.5. The molecule has 0 aromatic rings. The summed E-state index contributed by atoms with van der Waals surface area (Å²) in [6.07, 6.45) is 3.85. The fourth-order valence-electron chi connectivity index (χ4n) is 1.73. The summed E-state index contributed by atoms with van der Waals surface area (Å²) in [5.41, 5.74) is 0. The molecule has 1 amide bonds. The zero-order chi connectivity index (χ0) is 12.0. The zero-order valence-corrected chi connectivity index (χ0v) is 9.39. The number of aliphatic carboxylic acids is 1. The van der Waals surface area contributed by atoms with Crippen molar-refractivity contribution in [1.82, 2.24) is 4.90 Å². The second kappa shape index (κ2) is 6.27. The minimum absolute atomic E-state index is 0.234. The molecule has 0 aromatic heterocycles. The lowest BCUT2D eigenvalue weighted by Gasteiger charge is -2.31.